The number of thioether (sulfide) groups is 1. The van der Waals surface area contributed by atoms with Crippen LogP contribution in [0.15, 0.2) is 23.4 Å². The number of imidazole rings is 1. The Hall–Kier alpha value is -1.20. The number of benzene rings is 1. The zero-order chi connectivity index (χ0) is 11.7. The summed E-state index contributed by atoms with van der Waals surface area (Å²) in [5.41, 5.74) is 2.05. The lowest BCUT2D eigenvalue weighted by Crippen LogP contribution is -2.44. The van der Waals surface area contributed by atoms with Gasteiger partial charge in [-0.25, -0.2) is 4.98 Å². The maximum Gasteiger partial charge on any atom is 0.166 e. The number of nitrogens with one attached hydrogen (secondary N) is 2. The van der Waals surface area contributed by atoms with Gasteiger partial charge in [-0.15, -0.1) is 0 Å². The van der Waals surface area contributed by atoms with Crippen molar-refractivity contribution in [3.05, 3.63) is 18.2 Å². The Balaban J connectivity index is 1.84. The van der Waals surface area contributed by atoms with Crippen LogP contribution < -0.4 is 10.1 Å². The van der Waals surface area contributed by atoms with Gasteiger partial charge in [0.25, 0.3) is 0 Å². The van der Waals surface area contributed by atoms with Gasteiger partial charge >= 0.3 is 0 Å². The maximum atomic E-state index is 5.47. The van der Waals surface area contributed by atoms with Crippen LogP contribution in [-0.2, 0) is 0 Å². The number of rotatable bonds is 4. The Bertz CT molecular complexity index is 521. The predicted octanol–water partition coefficient (Wildman–Crippen LogP) is 2.03. The van der Waals surface area contributed by atoms with Gasteiger partial charge in [-0.2, -0.15) is 0 Å². The molecule has 2 aromatic rings. The number of nitrogens with zero attached hydrogens (tertiary/aromatic N) is 1. The molecule has 1 fully saturated rings. The summed E-state index contributed by atoms with van der Waals surface area (Å²) >= 11 is 1.81. The van der Waals surface area contributed by atoms with E-state index in [0.29, 0.717) is 11.9 Å². The zero-order valence-electron chi connectivity index (χ0n) is 9.69. The summed E-state index contributed by atoms with van der Waals surface area (Å²) in [5, 5.41) is 4.91. The molecule has 90 valence electrons. The van der Waals surface area contributed by atoms with Crippen LogP contribution in [0.3, 0.4) is 0 Å². The van der Waals surface area contributed by atoms with Crippen LogP contribution in [0.5, 0.6) is 5.75 Å². The topological polar surface area (TPSA) is 49.9 Å². The summed E-state index contributed by atoms with van der Waals surface area (Å²) in [6.45, 7) is 4.83. The number of aromatic amines is 1. The number of hydrogen-bond donors (Lipinski definition) is 2. The molecule has 0 unspecified atom stereocenters. The van der Waals surface area contributed by atoms with Crippen molar-refractivity contribution < 1.29 is 4.74 Å². The monoisotopic (exact) mass is 249 g/mol. The average molecular weight is 249 g/mol. The van der Waals surface area contributed by atoms with Gasteiger partial charge in [-0.3, -0.25) is 0 Å². The van der Waals surface area contributed by atoms with E-state index in [2.05, 4.69) is 15.3 Å². The minimum absolute atomic E-state index is 0.655. The molecular weight excluding hydrogens is 234 g/mol. The molecule has 0 atom stereocenters. The fourth-order valence-corrected chi connectivity index (χ4v) is 2.82. The van der Waals surface area contributed by atoms with Crippen molar-refractivity contribution >= 4 is 22.8 Å². The lowest BCUT2D eigenvalue weighted by molar-refractivity contribution is 0.340. The van der Waals surface area contributed by atoms with Crippen molar-refractivity contribution in [2.75, 3.05) is 19.7 Å². The average Bonchev–Trinajstić information content (AvgIpc) is 2.66. The molecule has 1 aliphatic rings. The Morgan fingerprint density at radius 1 is 1.47 bits per heavy atom. The third-order valence-electron chi connectivity index (χ3n) is 2.76. The molecule has 0 aliphatic carbocycles. The Morgan fingerprint density at radius 3 is 3.06 bits per heavy atom. The SMILES string of the molecule is CCOc1ccc2nc(SC3CNC3)[nH]c2c1. The molecule has 0 bridgehead atoms. The highest BCUT2D eigenvalue weighted by Gasteiger charge is 2.19. The van der Waals surface area contributed by atoms with Gasteiger partial charge in [-0.05, 0) is 19.1 Å². The highest BCUT2D eigenvalue weighted by atomic mass is 32.2. The second-order valence-corrected chi connectivity index (χ2v) is 5.34. The number of ether oxygens (including phenoxy) is 1. The van der Waals surface area contributed by atoms with Gasteiger partial charge in [0.1, 0.15) is 5.75 Å². The smallest absolute Gasteiger partial charge is 0.166 e. The summed E-state index contributed by atoms with van der Waals surface area (Å²) < 4.78 is 5.47. The first kappa shape index (κ1) is 10.9. The highest BCUT2D eigenvalue weighted by Crippen LogP contribution is 2.27. The normalized spacial score (nSPS) is 16.1. The first-order valence-electron chi connectivity index (χ1n) is 5.85. The van der Waals surface area contributed by atoms with Crippen LogP contribution in [0.4, 0.5) is 0 Å². The largest absolute Gasteiger partial charge is 0.494 e. The van der Waals surface area contributed by atoms with E-state index in [-0.39, 0.29) is 0 Å². The van der Waals surface area contributed by atoms with E-state index < -0.39 is 0 Å². The Morgan fingerprint density at radius 2 is 2.35 bits per heavy atom. The zero-order valence-corrected chi connectivity index (χ0v) is 10.5. The van der Waals surface area contributed by atoms with Crippen molar-refractivity contribution in [2.24, 2.45) is 0 Å². The molecule has 2 heterocycles. The fraction of sp³-hybridized carbons (Fsp3) is 0.417. The molecule has 2 N–H and O–H groups in total. The summed E-state index contributed by atoms with van der Waals surface area (Å²) in [4.78, 5) is 7.90. The predicted molar refractivity (Wildman–Crippen MR) is 69.8 cm³/mol. The Kier molecular flexibility index (Phi) is 2.94. The summed E-state index contributed by atoms with van der Waals surface area (Å²) in [6.07, 6.45) is 0. The van der Waals surface area contributed by atoms with E-state index in [1.54, 1.807) is 11.8 Å². The summed E-state index contributed by atoms with van der Waals surface area (Å²) in [6, 6.07) is 5.97. The first-order chi connectivity index (χ1) is 8.35. The van der Waals surface area contributed by atoms with Crippen molar-refractivity contribution in [2.45, 2.75) is 17.3 Å². The molecule has 1 saturated heterocycles. The minimum atomic E-state index is 0.655. The van der Waals surface area contributed by atoms with E-state index in [4.69, 9.17) is 4.74 Å². The van der Waals surface area contributed by atoms with E-state index in [0.717, 1.165) is 35.0 Å². The van der Waals surface area contributed by atoms with E-state index >= 15 is 0 Å². The maximum absolute atomic E-state index is 5.47. The van der Waals surface area contributed by atoms with E-state index in [9.17, 15) is 0 Å². The van der Waals surface area contributed by atoms with Crippen molar-refractivity contribution in [1.29, 1.82) is 0 Å². The van der Waals surface area contributed by atoms with Gasteiger partial charge in [0, 0.05) is 24.4 Å². The molecule has 1 aliphatic heterocycles. The molecule has 1 aromatic heterocycles. The number of H-pyrrole nitrogens is 1. The summed E-state index contributed by atoms with van der Waals surface area (Å²) in [5.74, 6) is 0.894. The molecular formula is C12H15N3OS. The van der Waals surface area contributed by atoms with Gasteiger partial charge in [0.15, 0.2) is 5.16 Å². The first-order valence-corrected chi connectivity index (χ1v) is 6.73. The standard InChI is InChI=1S/C12H15N3OS/c1-2-16-8-3-4-10-11(5-8)15-12(14-10)17-9-6-13-7-9/h3-5,9,13H,2,6-7H2,1H3,(H,14,15). The van der Waals surface area contributed by atoms with Crippen LogP contribution in [-0.4, -0.2) is 34.9 Å². The van der Waals surface area contributed by atoms with E-state index in [1.807, 2.05) is 25.1 Å². The van der Waals surface area contributed by atoms with Crippen LogP contribution >= 0.6 is 11.8 Å². The van der Waals surface area contributed by atoms with Crippen molar-refractivity contribution in [3.8, 4) is 5.75 Å². The van der Waals surface area contributed by atoms with Gasteiger partial charge in [0.05, 0.1) is 17.6 Å². The van der Waals surface area contributed by atoms with Gasteiger partial charge < -0.3 is 15.0 Å². The van der Waals surface area contributed by atoms with Gasteiger partial charge in [0.2, 0.25) is 0 Å². The van der Waals surface area contributed by atoms with Crippen molar-refractivity contribution in [1.82, 2.24) is 15.3 Å². The van der Waals surface area contributed by atoms with Gasteiger partial charge in [-0.1, -0.05) is 11.8 Å². The quantitative estimate of drug-likeness (QED) is 0.870. The fourth-order valence-electron chi connectivity index (χ4n) is 1.78. The second kappa shape index (κ2) is 4.58. The van der Waals surface area contributed by atoms with Crippen LogP contribution in [0.25, 0.3) is 11.0 Å². The lowest BCUT2D eigenvalue weighted by Gasteiger charge is -2.24. The molecule has 1 aromatic carbocycles. The van der Waals surface area contributed by atoms with Crippen LogP contribution in [0.2, 0.25) is 0 Å². The molecule has 4 nitrogen and oxygen atoms in total. The minimum Gasteiger partial charge on any atom is -0.494 e. The second-order valence-electron chi connectivity index (χ2n) is 4.05. The number of fused-ring (bicyclic) bond motifs is 1. The molecule has 0 amide bonds. The lowest BCUT2D eigenvalue weighted by atomic mass is 10.3. The third-order valence-corrected chi connectivity index (χ3v) is 3.85. The molecule has 5 heteroatoms. The van der Waals surface area contributed by atoms with E-state index in [1.165, 1.54) is 0 Å². The van der Waals surface area contributed by atoms with Crippen LogP contribution in [0.1, 0.15) is 6.92 Å². The molecule has 17 heavy (non-hydrogen) atoms. The number of hydrogen-bond acceptors (Lipinski definition) is 4. The number of aromatic nitrogens is 2. The highest BCUT2D eigenvalue weighted by molar-refractivity contribution is 7.99. The summed E-state index contributed by atoms with van der Waals surface area (Å²) in [7, 11) is 0. The third kappa shape index (κ3) is 2.25. The Labute approximate surface area is 104 Å². The molecule has 3 rings (SSSR count). The van der Waals surface area contributed by atoms with Crippen LogP contribution in [0, 0.1) is 0 Å². The molecule has 0 radical (unpaired) electrons. The van der Waals surface area contributed by atoms with Crippen molar-refractivity contribution in [3.63, 3.8) is 0 Å². The molecule has 0 spiro atoms. The molecule has 0 saturated carbocycles.